The molecule has 1 saturated carbocycles. The molecule has 0 spiro atoms. The molecule has 1 N–H and O–H groups in total. The first-order valence-corrected chi connectivity index (χ1v) is 6.24. The predicted octanol–water partition coefficient (Wildman–Crippen LogP) is 1.96. The lowest BCUT2D eigenvalue weighted by Crippen LogP contribution is -2.40. The van der Waals surface area contributed by atoms with E-state index in [0.29, 0.717) is 6.54 Å². The predicted molar refractivity (Wildman–Crippen MR) is 65.1 cm³/mol. The van der Waals surface area contributed by atoms with Gasteiger partial charge in [0.1, 0.15) is 5.60 Å². The summed E-state index contributed by atoms with van der Waals surface area (Å²) in [4.78, 5) is 24.9. The summed E-state index contributed by atoms with van der Waals surface area (Å²) in [5, 5.41) is 9.40. The van der Waals surface area contributed by atoms with Crippen LogP contribution < -0.4 is 0 Å². The lowest BCUT2D eigenvalue weighted by Gasteiger charge is -2.28. The molecule has 2 rings (SSSR count). The average molecular weight is 255 g/mol. The van der Waals surface area contributed by atoms with E-state index in [1.165, 1.54) is 4.90 Å². The molecule has 0 aromatic rings. The maximum Gasteiger partial charge on any atom is 0.410 e. The molecule has 1 aliphatic carbocycles. The number of carbonyl (C=O) groups excluding carboxylic acids is 1. The quantitative estimate of drug-likeness (QED) is 0.777. The third-order valence-corrected chi connectivity index (χ3v) is 4.41. The van der Waals surface area contributed by atoms with Gasteiger partial charge in [-0.25, -0.2) is 4.79 Å². The maximum atomic E-state index is 11.9. The zero-order valence-corrected chi connectivity index (χ0v) is 11.6. The molecule has 0 radical (unpaired) electrons. The van der Waals surface area contributed by atoms with Crippen molar-refractivity contribution < 1.29 is 19.4 Å². The molecule has 1 heterocycles. The molecule has 0 bridgehead atoms. The molecule has 102 valence electrons. The van der Waals surface area contributed by atoms with Crippen LogP contribution in [-0.2, 0) is 9.53 Å². The summed E-state index contributed by atoms with van der Waals surface area (Å²) in [6, 6.07) is 0. The number of likely N-dealkylation sites (tertiary alicyclic amines) is 1. The Labute approximate surface area is 107 Å². The average Bonchev–Trinajstić information content (AvgIpc) is 2.57. The van der Waals surface area contributed by atoms with Gasteiger partial charge in [-0.05, 0) is 26.2 Å². The minimum atomic E-state index is -0.802. The van der Waals surface area contributed by atoms with E-state index in [2.05, 4.69) is 0 Å². The number of aliphatic carboxylic acids is 1. The van der Waals surface area contributed by atoms with Crippen LogP contribution in [0.5, 0.6) is 0 Å². The Hall–Kier alpha value is -1.26. The van der Waals surface area contributed by atoms with E-state index in [1.807, 2.05) is 13.8 Å². The lowest BCUT2D eigenvalue weighted by molar-refractivity contribution is -0.144. The van der Waals surface area contributed by atoms with Crippen LogP contribution in [0.1, 0.15) is 34.6 Å². The van der Waals surface area contributed by atoms with Crippen LogP contribution >= 0.6 is 0 Å². The van der Waals surface area contributed by atoms with Crippen molar-refractivity contribution in [3.63, 3.8) is 0 Å². The van der Waals surface area contributed by atoms with Crippen molar-refractivity contribution >= 4 is 12.1 Å². The fourth-order valence-electron chi connectivity index (χ4n) is 3.21. The molecule has 0 aromatic heterocycles. The smallest absolute Gasteiger partial charge is 0.410 e. The SMILES string of the molecule is CC(C)(C)OC(=O)N1C[C@H]2C(C)(C)[C@@]2(C(=O)O)C1. The van der Waals surface area contributed by atoms with Crippen molar-refractivity contribution in [2.75, 3.05) is 13.1 Å². The molecule has 2 atom stereocenters. The van der Waals surface area contributed by atoms with Gasteiger partial charge in [0.25, 0.3) is 0 Å². The number of nitrogens with zero attached hydrogens (tertiary/aromatic N) is 1. The second kappa shape index (κ2) is 3.39. The fraction of sp³-hybridized carbons (Fsp3) is 0.846. The van der Waals surface area contributed by atoms with Crippen LogP contribution in [0.15, 0.2) is 0 Å². The molecule has 5 heteroatoms. The van der Waals surface area contributed by atoms with Crippen molar-refractivity contribution in [3.8, 4) is 0 Å². The maximum absolute atomic E-state index is 11.9. The molecule has 1 saturated heterocycles. The van der Waals surface area contributed by atoms with Gasteiger partial charge in [-0.1, -0.05) is 13.8 Å². The van der Waals surface area contributed by atoms with Crippen molar-refractivity contribution in [2.45, 2.75) is 40.2 Å². The number of rotatable bonds is 1. The molecule has 5 nitrogen and oxygen atoms in total. The summed E-state index contributed by atoms with van der Waals surface area (Å²) < 4.78 is 5.28. The third-order valence-electron chi connectivity index (χ3n) is 4.41. The number of hydrogen-bond donors (Lipinski definition) is 1. The Balaban J connectivity index is 2.08. The molecule has 18 heavy (non-hydrogen) atoms. The van der Waals surface area contributed by atoms with E-state index in [-0.39, 0.29) is 17.9 Å². The highest BCUT2D eigenvalue weighted by atomic mass is 16.6. The highest BCUT2D eigenvalue weighted by molar-refractivity contribution is 5.84. The molecule has 1 aliphatic heterocycles. The minimum absolute atomic E-state index is 0.0371. The van der Waals surface area contributed by atoms with Crippen LogP contribution in [0.3, 0.4) is 0 Å². The van der Waals surface area contributed by atoms with E-state index < -0.39 is 23.1 Å². The normalized spacial score (nSPS) is 32.9. The van der Waals surface area contributed by atoms with E-state index in [0.717, 1.165) is 0 Å². The van der Waals surface area contributed by atoms with E-state index in [1.54, 1.807) is 20.8 Å². The first-order chi connectivity index (χ1) is 8.02. The molecule has 0 unspecified atom stereocenters. The highest BCUT2D eigenvalue weighted by Crippen LogP contribution is 2.72. The van der Waals surface area contributed by atoms with Gasteiger partial charge in [-0.15, -0.1) is 0 Å². The second-order valence-corrected chi connectivity index (χ2v) is 6.91. The number of carbonyl (C=O) groups is 2. The standard InChI is InChI=1S/C13H21NO4/c1-11(2,3)18-10(17)14-6-8-12(4,5)13(8,7-14)9(15)16/h8H,6-7H2,1-5H3,(H,15,16)/t8-,13-/m0/s1. The van der Waals surface area contributed by atoms with Crippen LogP contribution in [0.4, 0.5) is 4.79 Å². The van der Waals surface area contributed by atoms with Crippen LogP contribution in [-0.4, -0.2) is 40.8 Å². The Morgan fingerprint density at radius 3 is 2.28 bits per heavy atom. The van der Waals surface area contributed by atoms with Crippen molar-refractivity contribution in [1.29, 1.82) is 0 Å². The van der Waals surface area contributed by atoms with Crippen molar-refractivity contribution in [1.82, 2.24) is 4.90 Å². The van der Waals surface area contributed by atoms with Crippen LogP contribution in [0.2, 0.25) is 0 Å². The summed E-state index contributed by atoms with van der Waals surface area (Å²) in [6.45, 7) is 10.1. The number of ether oxygens (including phenoxy) is 1. The molecule has 0 aromatic carbocycles. The van der Waals surface area contributed by atoms with Crippen LogP contribution in [0.25, 0.3) is 0 Å². The van der Waals surface area contributed by atoms with Gasteiger partial charge in [-0.2, -0.15) is 0 Å². The summed E-state index contributed by atoms with van der Waals surface area (Å²) in [5.74, 6) is -0.765. The number of carboxylic acid groups (broad SMARTS) is 1. The second-order valence-electron chi connectivity index (χ2n) is 6.91. The fourth-order valence-corrected chi connectivity index (χ4v) is 3.21. The Morgan fingerprint density at radius 2 is 1.89 bits per heavy atom. The van der Waals surface area contributed by atoms with Gasteiger partial charge in [0.05, 0.1) is 5.41 Å². The highest BCUT2D eigenvalue weighted by Gasteiger charge is 2.79. The topological polar surface area (TPSA) is 66.8 Å². The number of amides is 1. The lowest BCUT2D eigenvalue weighted by atomic mass is 9.96. The van der Waals surface area contributed by atoms with Gasteiger partial charge in [0, 0.05) is 19.0 Å². The summed E-state index contributed by atoms with van der Waals surface area (Å²) in [7, 11) is 0. The van der Waals surface area contributed by atoms with Crippen molar-refractivity contribution in [2.24, 2.45) is 16.7 Å². The summed E-state index contributed by atoms with van der Waals surface area (Å²) >= 11 is 0. The van der Waals surface area contributed by atoms with E-state index in [9.17, 15) is 14.7 Å². The zero-order valence-electron chi connectivity index (χ0n) is 11.6. The van der Waals surface area contributed by atoms with Gasteiger partial charge in [-0.3, -0.25) is 4.79 Å². The largest absolute Gasteiger partial charge is 0.481 e. The van der Waals surface area contributed by atoms with E-state index in [4.69, 9.17) is 4.74 Å². The first-order valence-electron chi connectivity index (χ1n) is 6.24. The molecular weight excluding hydrogens is 234 g/mol. The number of hydrogen-bond acceptors (Lipinski definition) is 3. The molecule has 1 amide bonds. The number of fused-ring (bicyclic) bond motifs is 1. The van der Waals surface area contributed by atoms with E-state index >= 15 is 0 Å². The third kappa shape index (κ3) is 1.60. The molecule has 2 aliphatic rings. The zero-order chi connectivity index (χ0) is 13.9. The number of carboxylic acids is 1. The summed E-state index contributed by atoms with van der Waals surface area (Å²) in [5.41, 5.74) is -1.54. The van der Waals surface area contributed by atoms with Gasteiger partial charge >= 0.3 is 12.1 Å². The van der Waals surface area contributed by atoms with Gasteiger partial charge in [0.15, 0.2) is 0 Å². The summed E-state index contributed by atoms with van der Waals surface area (Å²) in [6.07, 6.45) is -0.411. The molecular formula is C13H21NO4. The molecule has 2 fully saturated rings. The van der Waals surface area contributed by atoms with Crippen LogP contribution in [0, 0.1) is 16.7 Å². The van der Waals surface area contributed by atoms with Gasteiger partial charge in [0.2, 0.25) is 0 Å². The number of piperidine rings is 1. The Kier molecular flexibility index (Phi) is 2.49. The first kappa shape index (κ1) is 13.2. The van der Waals surface area contributed by atoms with Crippen molar-refractivity contribution in [3.05, 3.63) is 0 Å². The Morgan fingerprint density at radius 1 is 1.33 bits per heavy atom. The Bertz CT molecular complexity index is 410. The monoisotopic (exact) mass is 255 g/mol. The minimum Gasteiger partial charge on any atom is -0.481 e. The van der Waals surface area contributed by atoms with Gasteiger partial charge < -0.3 is 14.7 Å².